The summed E-state index contributed by atoms with van der Waals surface area (Å²) in [4.78, 5) is 0. The van der Waals surface area contributed by atoms with Gasteiger partial charge >= 0.3 is 0 Å². The van der Waals surface area contributed by atoms with E-state index in [0.717, 1.165) is 16.9 Å². The molecule has 0 heterocycles. The summed E-state index contributed by atoms with van der Waals surface area (Å²) in [5, 5.41) is 9.19. The molecule has 0 fully saturated rings. The van der Waals surface area contributed by atoms with Crippen molar-refractivity contribution in [2.45, 2.75) is 12.4 Å². The van der Waals surface area contributed by atoms with Crippen LogP contribution in [0.25, 0.3) is 0 Å². The van der Waals surface area contributed by atoms with E-state index < -0.39 is 0 Å². The van der Waals surface area contributed by atoms with E-state index in [0.29, 0.717) is 28.3 Å². The number of rotatable bonds is 8. The smallest absolute Gasteiger partial charge is 0.180 e. The van der Waals surface area contributed by atoms with Gasteiger partial charge in [0.2, 0.25) is 0 Å². The van der Waals surface area contributed by atoms with Gasteiger partial charge < -0.3 is 15.2 Å². The largest absolute Gasteiger partial charge is 0.493 e. The number of benzene rings is 3. The van der Waals surface area contributed by atoms with Crippen molar-refractivity contribution >= 4 is 34.7 Å². The molecule has 154 valence electrons. The van der Waals surface area contributed by atoms with Crippen molar-refractivity contribution < 1.29 is 9.47 Å². The molecular weight excluding hydrogens is 418 g/mol. The fourth-order valence-corrected chi connectivity index (χ4v) is 3.37. The maximum atomic E-state index is 6.20. The van der Waals surface area contributed by atoms with Crippen LogP contribution in [0, 0.1) is 0 Å². The second kappa shape index (κ2) is 11.3. The summed E-state index contributed by atoms with van der Waals surface area (Å²) in [6.45, 7) is 0.331. The first-order chi connectivity index (χ1) is 14.7. The first-order valence-corrected chi connectivity index (χ1v) is 10.6. The van der Waals surface area contributed by atoms with Gasteiger partial charge in [-0.2, -0.15) is 5.10 Å². The summed E-state index contributed by atoms with van der Waals surface area (Å²) in [6, 6.07) is 23.1. The second-order valence-electron chi connectivity index (χ2n) is 6.25. The Hall–Kier alpha value is -2.96. The molecule has 3 rings (SSSR count). The van der Waals surface area contributed by atoms with Crippen LogP contribution in [0.15, 0.2) is 83.0 Å². The van der Waals surface area contributed by atoms with Gasteiger partial charge in [-0.3, -0.25) is 0 Å². The Morgan fingerprint density at radius 3 is 2.57 bits per heavy atom. The van der Waals surface area contributed by atoms with Gasteiger partial charge in [-0.1, -0.05) is 71.9 Å². The molecule has 7 heteroatoms. The quantitative estimate of drug-likeness (QED) is 0.285. The van der Waals surface area contributed by atoms with Gasteiger partial charge in [-0.15, -0.1) is 5.10 Å². The molecule has 3 aromatic carbocycles. The van der Waals surface area contributed by atoms with Crippen LogP contribution >= 0.6 is 23.4 Å². The van der Waals surface area contributed by atoms with E-state index in [4.69, 9.17) is 26.8 Å². The normalized spacial score (nSPS) is 11.6. The van der Waals surface area contributed by atoms with Crippen LogP contribution in [0.4, 0.5) is 0 Å². The molecule has 0 amide bonds. The van der Waals surface area contributed by atoms with E-state index >= 15 is 0 Å². The first-order valence-electron chi connectivity index (χ1n) is 9.23. The highest BCUT2D eigenvalue weighted by Crippen LogP contribution is 2.29. The van der Waals surface area contributed by atoms with E-state index in [1.807, 2.05) is 72.8 Å². The molecule has 5 nitrogen and oxygen atoms in total. The number of nitrogens with zero attached hydrogens (tertiary/aromatic N) is 2. The van der Waals surface area contributed by atoms with Crippen molar-refractivity contribution in [1.82, 2.24) is 0 Å². The predicted octanol–water partition coefficient (Wildman–Crippen LogP) is 5.51. The molecule has 0 spiro atoms. The number of hydrogen-bond acceptors (Lipinski definition) is 5. The lowest BCUT2D eigenvalue weighted by Crippen LogP contribution is -2.06. The highest BCUT2D eigenvalue weighted by Gasteiger charge is 2.07. The molecule has 0 saturated carbocycles. The molecule has 30 heavy (non-hydrogen) atoms. The van der Waals surface area contributed by atoms with E-state index in [2.05, 4.69) is 10.2 Å². The molecule has 0 aliphatic rings. The summed E-state index contributed by atoms with van der Waals surface area (Å²) >= 11 is 7.64. The fourth-order valence-electron chi connectivity index (χ4n) is 2.57. The van der Waals surface area contributed by atoms with Gasteiger partial charge in [-0.25, -0.2) is 0 Å². The van der Waals surface area contributed by atoms with Gasteiger partial charge in [0.25, 0.3) is 0 Å². The minimum atomic E-state index is 0.331. The summed E-state index contributed by atoms with van der Waals surface area (Å²) in [5.41, 5.74) is 8.82. The van der Waals surface area contributed by atoms with Gasteiger partial charge in [0, 0.05) is 16.3 Å². The summed E-state index contributed by atoms with van der Waals surface area (Å²) in [7, 11) is 1.60. The van der Waals surface area contributed by atoms with Crippen LogP contribution in [-0.4, -0.2) is 18.5 Å². The Labute approximate surface area is 185 Å². The van der Waals surface area contributed by atoms with E-state index in [1.165, 1.54) is 17.3 Å². The molecule has 3 aromatic rings. The molecule has 0 bridgehead atoms. The van der Waals surface area contributed by atoms with Gasteiger partial charge in [0.05, 0.1) is 13.3 Å². The van der Waals surface area contributed by atoms with Gasteiger partial charge in [0.1, 0.15) is 6.61 Å². The van der Waals surface area contributed by atoms with Crippen molar-refractivity contribution in [3.8, 4) is 11.5 Å². The molecule has 0 aliphatic carbocycles. The third-order valence-electron chi connectivity index (χ3n) is 4.12. The average Bonchev–Trinajstić information content (AvgIpc) is 2.78. The monoisotopic (exact) mass is 439 g/mol. The highest BCUT2D eigenvalue weighted by atomic mass is 35.5. The average molecular weight is 440 g/mol. The maximum absolute atomic E-state index is 6.20. The Morgan fingerprint density at radius 2 is 1.80 bits per heavy atom. The number of methoxy groups -OCH3 is 1. The summed E-state index contributed by atoms with van der Waals surface area (Å²) in [5.74, 6) is 1.96. The number of hydrogen-bond donors (Lipinski definition) is 1. The van der Waals surface area contributed by atoms with Gasteiger partial charge in [0.15, 0.2) is 16.7 Å². The molecule has 0 saturated heterocycles. The molecule has 0 unspecified atom stereocenters. The van der Waals surface area contributed by atoms with Crippen molar-refractivity contribution in [1.29, 1.82) is 0 Å². The van der Waals surface area contributed by atoms with Crippen molar-refractivity contribution in [3.63, 3.8) is 0 Å². The van der Waals surface area contributed by atoms with Crippen molar-refractivity contribution in [3.05, 3.63) is 94.5 Å². The molecule has 2 N–H and O–H groups in total. The summed E-state index contributed by atoms with van der Waals surface area (Å²) < 4.78 is 11.3. The van der Waals surface area contributed by atoms with Crippen molar-refractivity contribution in [2.75, 3.05) is 7.11 Å². The van der Waals surface area contributed by atoms with E-state index in [-0.39, 0.29) is 0 Å². The number of halogens is 1. The number of ether oxygens (including phenoxy) is 2. The zero-order valence-corrected chi connectivity index (χ0v) is 18.1. The van der Waals surface area contributed by atoms with E-state index in [1.54, 1.807) is 13.3 Å². The Kier molecular flexibility index (Phi) is 8.18. The Bertz CT molecular complexity index is 1030. The third-order valence-corrected chi connectivity index (χ3v) is 5.35. The van der Waals surface area contributed by atoms with Gasteiger partial charge in [-0.05, 0) is 35.4 Å². The SMILES string of the molecule is COc1ccc(C=NN=C(N)SCc2ccccc2)cc1OCc1ccccc1Cl. The fraction of sp³-hybridized carbons (Fsp3) is 0.130. The first kappa shape index (κ1) is 21.7. The van der Waals surface area contributed by atoms with Crippen LogP contribution in [-0.2, 0) is 12.4 Å². The van der Waals surface area contributed by atoms with Crippen LogP contribution in [0.2, 0.25) is 5.02 Å². The molecule has 0 atom stereocenters. The lowest BCUT2D eigenvalue weighted by atomic mass is 10.2. The summed E-state index contributed by atoms with van der Waals surface area (Å²) in [6.07, 6.45) is 1.62. The predicted molar refractivity (Wildman–Crippen MR) is 126 cm³/mol. The minimum absolute atomic E-state index is 0.331. The zero-order chi connectivity index (χ0) is 21.2. The maximum Gasteiger partial charge on any atom is 0.180 e. The second-order valence-corrected chi connectivity index (χ2v) is 7.65. The topological polar surface area (TPSA) is 69.2 Å². The molecule has 0 radical (unpaired) electrons. The number of nitrogens with two attached hydrogens (primary N) is 1. The van der Waals surface area contributed by atoms with E-state index in [9.17, 15) is 0 Å². The Morgan fingerprint density at radius 1 is 1.03 bits per heavy atom. The lowest BCUT2D eigenvalue weighted by Gasteiger charge is -2.12. The third kappa shape index (κ3) is 6.54. The standard InChI is InChI=1S/C23H22ClN3O2S/c1-28-21-12-11-18(13-22(21)29-15-19-9-5-6-10-20(19)24)14-26-27-23(25)30-16-17-7-3-2-4-8-17/h2-14H,15-16H2,1H3,(H2,25,27). The lowest BCUT2D eigenvalue weighted by molar-refractivity contribution is 0.284. The minimum Gasteiger partial charge on any atom is -0.493 e. The Balaban J connectivity index is 1.62. The molecular formula is C23H22ClN3O2S. The van der Waals surface area contributed by atoms with Crippen LogP contribution in [0.5, 0.6) is 11.5 Å². The van der Waals surface area contributed by atoms with Crippen LogP contribution < -0.4 is 15.2 Å². The van der Waals surface area contributed by atoms with Crippen LogP contribution in [0.3, 0.4) is 0 Å². The molecule has 0 aliphatic heterocycles. The van der Waals surface area contributed by atoms with Crippen LogP contribution in [0.1, 0.15) is 16.7 Å². The highest BCUT2D eigenvalue weighted by molar-refractivity contribution is 8.13. The van der Waals surface area contributed by atoms with Crippen molar-refractivity contribution in [2.24, 2.45) is 15.9 Å². The molecule has 0 aromatic heterocycles. The number of thioether (sulfide) groups is 1. The zero-order valence-electron chi connectivity index (χ0n) is 16.5. The number of amidine groups is 1.